The zero-order valence-corrected chi connectivity index (χ0v) is 14.7. The van der Waals surface area contributed by atoms with E-state index in [9.17, 15) is 9.59 Å². The van der Waals surface area contributed by atoms with Crippen LogP contribution in [0.4, 0.5) is 11.5 Å². The number of benzene rings is 2. The van der Waals surface area contributed by atoms with Gasteiger partial charge in [-0.2, -0.15) is 5.10 Å². The fraction of sp³-hybridized carbons (Fsp3) is 0.150. The summed E-state index contributed by atoms with van der Waals surface area (Å²) in [4.78, 5) is 24.9. The van der Waals surface area contributed by atoms with Crippen molar-refractivity contribution in [3.05, 3.63) is 60.8 Å². The number of hydrogen-bond donors (Lipinski definition) is 2. The van der Waals surface area contributed by atoms with Crippen LogP contribution in [-0.4, -0.2) is 28.7 Å². The summed E-state index contributed by atoms with van der Waals surface area (Å²) in [6, 6.07) is 16.1. The van der Waals surface area contributed by atoms with Crippen molar-refractivity contribution < 1.29 is 14.3 Å². The van der Waals surface area contributed by atoms with Crippen LogP contribution in [0.1, 0.15) is 12.5 Å². The Morgan fingerprint density at radius 1 is 1.19 bits per heavy atom. The van der Waals surface area contributed by atoms with E-state index in [4.69, 9.17) is 4.74 Å². The van der Waals surface area contributed by atoms with E-state index < -0.39 is 6.04 Å². The topological polar surface area (TPSA) is 85.2 Å². The number of nitrogens with one attached hydrogen (secondary N) is 2. The lowest BCUT2D eigenvalue weighted by atomic mass is 10.1. The van der Waals surface area contributed by atoms with Crippen LogP contribution in [0.25, 0.3) is 11.1 Å². The van der Waals surface area contributed by atoms with E-state index >= 15 is 0 Å². The van der Waals surface area contributed by atoms with Gasteiger partial charge in [0.05, 0.1) is 25.4 Å². The second-order valence-electron chi connectivity index (χ2n) is 6.18. The molecule has 7 nitrogen and oxygen atoms in total. The maximum absolute atomic E-state index is 12.5. The summed E-state index contributed by atoms with van der Waals surface area (Å²) < 4.78 is 6.81. The lowest BCUT2D eigenvalue weighted by Gasteiger charge is -2.12. The number of carbonyl (C=O) groups excluding carboxylic acids is 2. The number of carbonyl (C=O) groups is 2. The SMILES string of the molecule is COc1ccccc1NC(=O)CC1C(=O)Nc2c(-c3ccccc3)cnn21. The maximum atomic E-state index is 12.5. The van der Waals surface area contributed by atoms with E-state index in [1.807, 2.05) is 36.4 Å². The first-order valence-electron chi connectivity index (χ1n) is 8.54. The fourth-order valence-electron chi connectivity index (χ4n) is 3.17. The van der Waals surface area contributed by atoms with Crippen molar-refractivity contribution in [3.8, 4) is 16.9 Å². The van der Waals surface area contributed by atoms with Crippen LogP contribution in [0, 0.1) is 0 Å². The van der Waals surface area contributed by atoms with Crippen LogP contribution in [-0.2, 0) is 9.59 Å². The lowest BCUT2D eigenvalue weighted by molar-refractivity contribution is -0.123. The molecule has 0 bridgehead atoms. The smallest absolute Gasteiger partial charge is 0.251 e. The summed E-state index contributed by atoms with van der Waals surface area (Å²) in [5.41, 5.74) is 2.35. The molecule has 1 aliphatic heterocycles. The van der Waals surface area contributed by atoms with Crippen LogP contribution in [0.3, 0.4) is 0 Å². The van der Waals surface area contributed by atoms with Gasteiger partial charge in [-0.25, -0.2) is 4.68 Å². The van der Waals surface area contributed by atoms with Gasteiger partial charge in [0.1, 0.15) is 17.6 Å². The van der Waals surface area contributed by atoms with Crippen molar-refractivity contribution in [1.29, 1.82) is 0 Å². The molecule has 7 heteroatoms. The molecule has 2 heterocycles. The van der Waals surface area contributed by atoms with Gasteiger partial charge in [0.2, 0.25) is 5.91 Å². The van der Waals surface area contributed by atoms with E-state index in [1.54, 1.807) is 29.1 Å². The standard InChI is InChI=1S/C20H18N4O3/c1-27-17-10-6-5-9-15(17)22-18(25)11-16-20(26)23-19-14(12-21-24(16)19)13-7-3-2-4-8-13/h2-10,12,16H,11H2,1H3,(H,22,25)(H,23,26). The number of aromatic nitrogens is 2. The first kappa shape index (κ1) is 16.8. The Labute approximate surface area is 156 Å². The van der Waals surface area contributed by atoms with E-state index in [2.05, 4.69) is 15.7 Å². The molecule has 2 N–H and O–H groups in total. The first-order chi connectivity index (χ1) is 13.2. The number of nitrogens with zero attached hydrogens (tertiary/aromatic N) is 2. The van der Waals surface area contributed by atoms with Gasteiger partial charge in [0, 0.05) is 5.56 Å². The molecule has 0 aliphatic carbocycles. The van der Waals surface area contributed by atoms with E-state index in [1.165, 1.54) is 7.11 Å². The van der Waals surface area contributed by atoms with Crippen LogP contribution < -0.4 is 15.4 Å². The third-order valence-corrected chi connectivity index (χ3v) is 4.48. The molecule has 0 saturated heterocycles. The van der Waals surface area contributed by atoms with Crippen molar-refractivity contribution >= 4 is 23.3 Å². The molecule has 0 fully saturated rings. The maximum Gasteiger partial charge on any atom is 0.251 e. The number of hydrogen-bond acceptors (Lipinski definition) is 4. The normalized spacial score (nSPS) is 15.1. The van der Waals surface area contributed by atoms with Gasteiger partial charge in [-0.05, 0) is 17.7 Å². The highest BCUT2D eigenvalue weighted by atomic mass is 16.5. The largest absolute Gasteiger partial charge is 0.495 e. The molecule has 3 aromatic rings. The molecule has 1 aromatic heterocycles. The van der Waals surface area contributed by atoms with Gasteiger partial charge >= 0.3 is 0 Å². The molecule has 27 heavy (non-hydrogen) atoms. The molecule has 1 unspecified atom stereocenters. The second kappa shape index (κ2) is 6.95. The number of fused-ring (bicyclic) bond motifs is 1. The Kier molecular flexibility index (Phi) is 4.33. The molecular weight excluding hydrogens is 344 g/mol. The Bertz CT molecular complexity index is 997. The van der Waals surface area contributed by atoms with Crippen molar-refractivity contribution in [1.82, 2.24) is 9.78 Å². The number of ether oxygens (including phenoxy) is 1. The molecule has 0 saturated carbocycles. The van der Waals surface area contributed by atoms with Gasteiger partial charge < -0.3 is 15.4 Å². The Hall–Kier alpha value is -3.61. The molecule has 136 valence electrons. The third-order valence-electron chi connectivity index (χ3n) is 4.48. The minimum absolute atomic E-state index is 0.0210. The van der Waals surface area contributed by atoms with Crippen molar-refractivity contribution in [2.75, 3.05) is 17.7 Å². The monoisotopic (exact) mass is 362 g/mol. The van der Waals surface area contributed by atoms with E-state index in [0.29, 0.717) is 17.3 Å². The minimum atomic E-state index is -0.688. The number of methoxy groups -OCH3 is 1. The molecule has 2 aromatic carbocycles. The molecular formula is C20H18N4O3. The summed E-state index contributed by atoms with van der Waals surface area (Å²) in [5.74, 6) is 0.642. The number of amides is 2. The molecule has 1 aliphatic rings. The summed E-state index contributed by atoms with van der Waals surface area (Å²) in [6.45, 7) is 0. The average molecular weight is 362 g/mol. The van der Waals surface area contributed by atoms with Gasteiger partial charge in [0.15, 0.2) is 0 Å². The Balaban J connectivity index is 1.54. The highest BCUT2D eigenvalue weighted by Crippen LogP contribution is 2.35. The summed E-state index contributed by atoms with van der Waals surface area (Å²) in [6.07, 6.45) is 1.68. The zero-order valence-electron chi connectivity index (χ0n) is 14.7. The summed E-state index contributed by atoms with van der Waals surface area (Å²) in [5, 5.41) is 9.96. The number of anilines is 2. The van der Waals surface area contributed by atoms with Crippen molar-refractivity contribution in [3.63, 3.8) is 0 Å². The van der Waals surface area contributed by atoms with Crippen molar-refractivity contribution in [2.24, 2.45) is 0 Å². The first-order valence-corrected chi connectivity index (χ1v) is 8.54. The predicted octanol–water partition coefficient (Wildman–Crippen LogP) is 3.08. The van der Waals surface area contributed by atoms with Crippen LogP contribution in [0.15, 0.2) is 60.8 Å². The summed E-state index contributed by atoms with van der Waals surface area (Å²) >= 11 is 0. The summed E-state index contributed by atoms with van der Waals surface area (Å²) in [7, 11) is 1.54. The molecule has 0 radical (unpaired) electrons. The molecule has 4 rings (SSSR count). The average Bonchev–Trinajstić information content (AvgIpc) is 3.22. The third kappa shape index (κ3) is 3.15. The van der Waals surface area contributed by atoms with Crippen LogP contribution >= 0.6 is 0 Å². The number of rotatable bonds is 5. The van der Waals surface area contributed by atoms with Gasteiger partial charge in [0.25, 0.3) is 5.91 Å². The highest BCUT2D eigenvalue weighted by molar-refractivity contribution is 6.04. The predicted molar refractivity (Wildman–Crippen MR) is 102 cm³/mol. The Morgan fingerprint density at radius 3 is 2.70 bits per heavy atom. The van der Waals surface area contributed by atoms with Crippen LogP contribution in [0.2, 0.25) is 0 Å². The molecule has 0 spiro atoms. The lowest BCUT2D eigenvalue weighted by Crippen LogP contribution is -2.23. The Morgan fingerprint density at radius 2 is 1.93 bits per heavy atom. The fourth-order valence-corrected chi connectivity index (χ4v) is 3.17. The zero-order chi connectivity index (χ0) is 18.8. The highest BCUT2D eigenvalue weighted by Gasteiger charge is 2.35. The van der Waals surface area contributed by atoms with E-state index in [0.717, 1.165) is 11.1 Å². The minimum Gasteiger partial charge on any atom is -0.495 e. The number of para-hydroxylation sites is 2. The van der Waals surface area contributed by atoms with Crippen molar-refractivity contribution in [2.45, 2.75) is 12.5 Å². The molecule has 1 atom stereocenters. The van der Waals surface area contributed by atoms with Gasteiger partial charge in [-0.15, -0.1) is 0 Å². The van der Waals surface area contributed by atoms with Crippen LogP contribution in [0.5, 0.6) is 5.75 Å². The second-order valence-corrected chi connectivity index (χ2v) is 6.18. The van der Waals surface area contributed by atoms with Gasteiger partial charge in [-0.3, -0.25) is 9.59 Å². The molecule has 2 amide bonds. The van der Waals surface area contributed by atoms with Gasteiger partial charge in [-0.1, -0.05) is 42.5 Å². The quantitative estimate of drug-likeness (QED) is 0.730. The van der Waals surface area contributed by atoms with E-state index in [-0.39, 0.29) is 18.2 Å².